The number of rotatable bonds is 2. The molecule has 0 aliphatic heterocycles. The molecule has 0 spiro atoms. The summed E-state index contributed by atoms with van der Waals surface area (Å²) in [6, 6.07) is 34.8. The monoisotopic (exact) mass is 375 g/mol. The molecule has 0 fully saturated rings. The van der Waals surface area contributed by atoms with Gasteiger partial charge in [0.2, 0.25) is 0 Å². The normalized spacial score (nSPS) is 10.6. The lowest BCUT2D eigenvalue weighted by Gasteiger charge is -2.09. The maximum Gasteiger partial charge on any atom is 0.0541 e. The lowest BCUT2D eigenvalue weighted by atomic mass is 10.0. The van der Waals surface area contributed by atoms with E-state index in [0.717, 1.165) is 0 Å². The van der Waals surface area contributed by atoms with Crippen molar-refractivity contribution in [3.63, 3.8) is 0 Å². The maximum atomic E-state index is 3.36. The molecule has 1 aromatic heterocycles. The van der Waals surface area contributed by atoms with E-state index in [9.17, 15) is 0 Å². The Labute approximate surface area is 172 Å². The molecule has 5 rings (SSSR count). The van der Waals surface area contributed by atoms with Crippen LogP contribution in [0.5, 0.6) is 0 Å². The van der Waals surface area contributed by atoms with Crippen LogP contribution in [-0.4, -0.2) is 4.57 Å². The second-order valence-electron chi connectivity index (χ2n) is 7.19. The van der Waals surface area contributed by atoms with Gasteiger partial charge in [0, 0.05) is 16.5 Å². The van der Waals surface area contributed by atoms with Crippen molar-refractivity contribution in [1.29, 1.82) is 0 Å². The third kappa shape index (κ3) is 3.60. The second-order valence-corrected chi connectivity index (χ2v) is 7.19. The Bertz CT molecular complexity index is 1200. The average molecular weight is 376 g/mol. The minimum absolute atomic E-state index is 1.19. The first kappa shape index (κ1) is 18.8. The smallest absolute Gasteiger partial charge is 0.0541 e. The summed E-state index contributed by atoms with van der Waals surface area (Å²) in [4.78, 5) is 0. The highest BCUT2D eigenvalue weighted by Gasteiger charge is 2.11. The van der Waals surface area contributed by atoms with Crippen molar-refractivity contribution >= 4 is 21.8 Å². The molecule has 0 radical (unpaired) electrons. The van der Waals surface area contributed by atoms with E-state index in [1.807, 2.05) is 6.92 Å². The predicted octanol–water partition coefficient (Wildman–Crippen LogP) is 7.95. The van der Waals surface area contributed by atoms with E-state index < -0.39 is 0 Å². The van der Waals surface area contributed by atoms with Crippen LogP contribution < -0.4 is 0 Å². The van der Waals surface area contributed by atoms with Gasteiger partial charge in [-0.1, -0.05) is 84.4 Å². The minimum atomic E-state index is 1.19. The molecule has 0 saturated heterocycles. The number of hydrogen-bond acceptors (Lipinski definition) is 0. The van der Waals surface area contributed by atoms with Crippen LogP contribution in [0.25, 0.3) is 38.6 Å². The van der Waals surface area contributed by atoms with Crippen LogP contribution in [0.3, 0.4) is 0 Å². The van der Waals surface area contributed by atoms with E-state index >= 15 is 0 Å². The summed E-state index contributed by atoms with van der Waals surface area (Å²) >= 11 is 0. The molecule has 0 bridgehead atoms. The number of benzene rings is 4. The first-order valence-corrected chi connectivity index (χ1v) is 9.95. The molecule has 1 heteroatoms. The third-order valence-corrected chi connectivity index (χ3v) is 5.09. The van der Waals surface area contributed by atoms with E-state index in [1.165, 1.54) is 44.2 Å². The molecular formula is C28H25N. The molecule has 4 aromatic carbocycles. The van der Waals surface area contributed by atoms with Gasteiger partial charge in [-0.3, -0.25) is 0 Å². The fourth-order valence-corrected chi connectivity index (χ4v) is 3.75. The zero-order valence-corrected chi connectivity index (χ0v) is 17.0. The van der Waals surface area contributed by atoms with Crippen LogP contribution >= 0.6 is 0 Å². The SMILES string of the molecule is C=CC.Cc1ccc(-c2ccc(-n3c4ccccc4c4ccccc43)cc2)cc1. The molecule has 1 nitrogen and oxygen atoms in total. The van der Waals surface area contributed by atoms with E-state index in [2.05, 4.69) is 115 Å². The molecule has 0 atom stereocenters. The zero-order chi connectivity index (χ0) is 20.2. The van der Waals surface area contributed by atoms with E-state index in [0.29, 0.717) is 0 Å². The largest absolute Gasteiger partial charge is 0.309 e. The van der Waals surface area contributed by atoms with Gasteiger partial charge < -0.3 is 4.57 Å². The van der Waals surface area contributed by atoms with Gasteiger partial charge in [0.1, 0.15) is 0 Å². The van der Waals surface area contributed by atoms with Crippen molar-refractivity contribution in [2.24, 2.45) is 0 Å². The van der Waals surface area contributed by atoms with Crippen molar-refractivity contribution < 1.29 is 0 Å². The van der Waals surface area contributed by atoms with Gasteiger partial charge in [-0.15, -0.1) is 6.58 Å². The summed E-state index contributed by atoms with van der Waals surface area (Å²) in [5, 5.41) is 2.59. The Morgan fingerprint density at radius 1 is 0.621 bits per heavy atom. The van der Waals surface area contributed by atoms with Gasteiger partial charge in [-0.05, 0) is 49.2 Å². The van der Waals surface area contributed by atoms with E-state index in [-0.39, 0.29) is 0 Å². The topological polar surface area (TPSA) is 4.93 Å². The standard InChI is InChI=1S/C25H19N.C3H6/c1-18-10-12-19(13-11-18)20-14-16-21(17-15-20)26-24-8-4-2-6-22(24)23-7-3-5-9-25(23)26;1-3-2/h2-17H,1H3;3H,1H2,2H3. The first-order valence-electron chi connectivity index (χ1n) is 9.95. The molecule has 5 aromatic rings. The molecule has 1 heterocycles. The van der Waals surface area contributed by atoms with Crippen LogP contribution in [0.2, 0.25) is 0 Å². The molecule has 0 saturated carbocycles. The number of aryl methyl sites for hydroxylation is 1. The highest BCUT2D eigenvalue weighted by Crippen LogP contribution is 2.32. The highest BCUT2D eigenvalue weighted by molar-refractivity contribution is 6.09. The summed E-state index contributed by atoms with van der Waals surface area (Å²) in [5.41, 5.74) is 7.47. The van der Waals surface area contributed by atoms with Gasteiger partial charge in [0.15, 0.2) is 0 Å². The molecule has 142 valence electrons. The highest BCUT2D eigenvalue weighted by atomic mass is 15.0. The molecule has 0 aliphatic rings. The number of fused-ring (bicyclic) bond motifs is 3. The quantitative estimate of drug-likeness (QED) is 0.276. The third-order valence-electron chi connectivity index (χ3n) is 5.09. The van der Waals surface area contributed by atoms with E-state index in [4.69, 9.17) is 0 Å². The minimum Gasteiger partial charge on any atom is -0.309 e. The average Bonchev–Trinajstić information content (AvgIpc) is 3.10. The summed E-state index contributed by atoms with van der Waals surface area (Å²) in [6.45, 7) is 7.37. The molecule has 0 unspecified atom stereocenters. The molecule has 29 heavy (non-hydrogen) atoms. The van der Waals surface area contributed by atoms with Crippen LogP contribution in [0.1, 0.15) is 12.5 Å². The lowest BCUT2D eigenvalue weighted by molar-refractivity contribution is 1.18. The van der Waals surface area contributed by atoms with Crippen LogP contribution in [-0.2, 0) is 0 Å². The molecule has 0 N–H and O–H groups in total. The van der Waals surface area contributed by atoms with Crippen molar-refractivity contribution in [1.82, 2.24) is 4.57 Å². The summed E-state index contributed by atoms with van der Waals surface area (Å²) in [6.07, 6.45) is 1.75. The summed E-state index contributed by atoms with van der Waals surface area (Å²) in [5.74, 6) is 0. The second kappa shape index (κ2) is 8.20. The number of allylic oxidation sites excluding steroid dienone is 1. The zero-order valence-electron chi connectivity index (χ0n) is 17.0. The van der Waals surface area contributed by atoms with Crippen molar-refractivity contribution in [2.75, 3.05) is 0 Å². The van der Waals surface area contributed by atoms with Crippen molar-refractivity contribution in [3.05, 3.63) is 115 Å². The van der Waals surface area contributed by atoms with Gasteiger partial charge in [-0.2, -0.15) is 0 Å². The number of aromatic nitrogens is 1. The molecule has 0 aliphatic carbocycles. The fourth-order valence-electron chi connectivity index (χ4n) is 3.75. The van der Waals surface area contributed by atoms with Gasteiger partial charge in [-0.25, -0.2) is 0 Å². The number of para-hydroxylation sites is 2. The Balaban J connectivity index is 0.000000645. The van der Waals surface area contributed by atoms with Crippen molar-refractivity contribution in [3.8, 4) is 16.8 Å². The van der Waals surface area contributed by atoms with Gasteiger partial charge >= 0.3 is 0 Å². The molecule has 0 amide bonds. The van der Waals surface area contributed by atoms with Crippen LogP contribution in [0, 0.1) is 6.92 Å². The lowest BCUT2D eigenvalue weighted by Crippen LogP contribution is -1.93. The fraction of sp³-hybridized carbons (Fsp3) is 0.0714. The van der Waals surface area contributed by atoms with Crippen molar-refractivity contribution in [2.45, 2.75) is 13.8 Å². The Hall–Kier alpha value is -3.58. The van der Waals surface area contributed by atoms with E-state index in [1.54, 1.807) is 6.08 Å². The molecular weight excluding hydrogens is 350 g/mol. The first-order chi connectivity index (χ1) is 14.2. The Morgan fingerprint density at radius 3 is 1.52 bits per heavy atom. The number of hydrogen-bond donors (Lipinski definition) is 0. The van der Waals surface area contributed by atoms with Gasteiger partial charge in [0.05, 0.1) is 11.0 Å². The summed E-state index contributed by atoms with van der Waals surface area (Å²) in [7, 11) is 0. The maximum absolute atomic E-state index is 3.36. The van der Waals surface area contributed by atoms with Crippen LogP contribution in [0.4, 0.5) is 0 Å². The Morgan fingerprint density at radius 2 is 1.03 bits per heavy atom. The predicted molar refractivity (Wildman–Crippen MR) is 127 cm³/mol. The van der Waals surface area contributed by atoms with Crippen LogP contribution in [0.15, 0.2) is 110 Å². The Kier molecular flexibility index (Phi) is 5.31. The number of nitrogens with zero attached hydrogens (tertiary/aromatic N) is 1. The summed E-state index contributed by atoms with van der Waals surface area (Å²) < 4.78 is 2.35. The van der Waals surface area contributed by atoms with Gasteiger partial charge in [0.25, 0.3) is 0 Å².